The summed E-state index contributed by atoms with van der Waals surface area (Å²) < 4.78 is 0. The maximum Gasteiger partial charge on any atom is 0.229 e. The molecule has 0 heterocycles. The summed E-state index contributed by atoms with van der Waals surface area (Å²) in [6, 6.07) is 17.3. The van der Waals surface area contributed by atoms with Gasteiger partial charge < -0.3 is 16.0 Å². The lowest BCUT2D eigenvalue weighted by Gasteiger charge is -2.21. The van der Waals surface area contributed by atoms with E-state index < -0.39 is 0 Å². The Morgan fingerprint density at radius 2 is 1.71 bits per heavy atom. The van der Waals surface area contributed by atoms with E-state index in [4.69, 9.17) is 5.73 Å². The van der Waals surface area contributed by atoms with E-state index in [1.807, 2.05) is 66.4 Å². The number of hydrogen-bond acceptors (Lipinski definition) is 3. The van der Waals surface area contributed by atoms with Crippen molar-refractivity contribution in [2.75, 3.05) is 5.32 Å². The molecule has 2 amide bonds. The molecular formula is C22H28ClN3O2. The van der Waals surface area contributed by atoms with Crippen molar-refractivity contribution >= 4 is 29.9 Å². The first-order chi connectivity index (χ1) is 13.0. The van der Waals surface area contributed by atoms with E-state index in [2.05, 4.69) is 5.32 Å². The number of carbonyl (C=O) groups excluding carboxylic acids is 2. The summed E-state index contributed by atoms with van der Waals surface area (Å²) >= 11 is 0. The fraction of sp³-hybridized carbons (Fsp3) is 0.364. The summed E-state index contributed by atoms with van der Waals surface area (Å²) in [5.74, 6) is -0.351. The van der Waals surface area contributed by atoms with Crippen LogP contribution >= 0.6 is 12.4 Å². The molecule has 150 valence electrons. The maximum absolute atomic E-state index is 12.5. The monoisotopic (exact) mass is 401 g/mol. The number of amides is 2. The fourth-order valence-corrected chi connectivity index (χ4v) is 3.16. The minimum absolute atomic E-state index is 0. The van der Waals surface area contributed by atoms with E-state index in [0.717, 1.165) is 29.7 Å². The molecule has 1 aliphatic rings. The molecule has 0 spiro atoms. The number of nitrogens with zero attached hydrogens (tertiary/aromatic N) is 1. The largest absolute Gasteiger partial charge is 0.336 e. The van der Waals surface area contributed by atoms with E-state index in [1.54, 1.807) is 6.92 Å². The quantitative estimate of drug-likeness (QED) is 0.738. The van der Waals surface area contributed by atoms with Crippen molar-refractivity contribution in [1.82, 2.24) is 4.90 Å². The normalized spacial score (nSPS) is 15.1. The van der Waals surface area contributed by atoms with Gasteiger partial charge in [0.2, 0.25) is 11.8 Å². The van der Waals surface area contributed by atoms with Gasteiger partial charge in [0, 0.05) is 31.2 Å². The Morgan fingerprint density at radius 3 is 2.25 bits per heavy atom. The molecule has 0 radical (unpaired) electrons. The number of benzene rings is 2. The smallest absolute Gasteiger partial charge is 0.229 e. The predicted molar refractivity (Wildman–Crippen MR) is 114 cm³/mol. The highest BCUT2D eigenvalue weighted by atomic mass is 35.5. The Labute approximate surface area is 172 Å². The zero-order valence-electron chi connectivity index (χ0n) is 16.3. The van der Waals surface area contributed by atoms with E-state index in [1.165, 1.54) is 0 Å². The van der Waals surface area contributed by atoms with Crippen molar-refractivity contribution in [3.05, 3.63) is 65.7 Å². The molecule has 2 atom stereocenters. The van der Waals surface area contributed by atoms with Gasteiger partial charge in [-0.1, -0.05) is 49.4 Å². The number of nitrogens with two attached hydrogens (primary N) is 1. The molecule has 0 saturated heterocycles. The van der Waals surface area contributed by atoms with E-state index >= 15 is 0 Å². The SMILES string of the molecule is CC(=O)N(Cc1ccc(NC(=O)C(C)C(N)c2ccccc2)cc1)C1CC1.Cl. The Hall–Kier alpha value is -2.37. The number of nitrogens with one attached hydrogen (secondary N) is 1. The third kappa shape index (κ3) is 5.57. The van der Waals surface area contributed by atoms with Crippen LogP contribution in [-0.4, -0.2) is 22.8 Å². The van der Waals surface area contributed by atoms with Crippen LogP contribution in [0.1, 0.15) is 43.9 Å². The van der Waals surface area contributed by atoms with Gasteiger partial charge in [0.25, 0.3) is 0 Å². The zero-order chi connectivity index (χ0) is 19.4. The molecule has 1 saturated carbocycles. The fourth-order valence-electron chi connectivity index (χ4n) is 3.16. The van der Waals surface area contributed by atoms with Gasteiger partial charge in [0.1, 0.15) is 0 Å². The van der Waals surface area contributed by atoms with Crippen LogP contribution in [0.5, 0.6) is 0 Å². The highest BCUT2D eigenvalue weighted by Crippen LogP contribution is 2.28. The number of halogens is 1. The van der Waals surface area contributed by atoms with Crippen molar-refractivity contribution < 1.29 is 9.59 Å². The first-order valence-electron chi connectivity index (χ1n) is 9.43. The van der Waals surface area contributed by atoms with E-state index in [-0.39, 0.29) is 36.2 Å². The minimum Gasteiger partial charge on any atom is -0.336 e. The molecule has 2 aromatic carbocycles. The maximum atomic E-state index is 12.5. The van der Waals surface area contributed by atoms with Crippen molar-refractivity contribution in [1.29, 1.82) is 0 Å². The molecule has 2 aromatic rings. The summed E-state index contributed by atoms with van der Waals surface area (Å²) in [7, 11) is 0. The second-order valence-corrected chi connectivity index (χ2v) is 7.29. The van der Waals surface area contributed by atoms with E-state index in [9.17, 15) is 9.59 Å². The third-order valence-electron chi connectivity index (χ3n) is 5.10. The van der Waals surface area contributed by atoms with Gasteiger partial charge in [-0.3, -0.25) is 9.59 Å². The summed E-state index contributed by atoms with van der Waals surface area (Å²) in [5, 5.41) is 2.93. The number of anilines is 1. The Kier molecular flexibility index (Phi) is 7.61. The topological polar surface area (TPSA) is 75.4 Å². The molecule has 6 heteroatoms. The first-order valence-corrected chi connectivity index (χ1v) is 9.43. The molecule has 3 rings (SSSR count). The van der Waals surface area contributed by atoms with Crippen LogP contribution in [0, 0.1) is 5.92 Å². The van der Waals surface area contributed by atoms with Gasteiger partial charge in [0.05, 0.1) is 5.92 Å². The summed E-state index contributed by atoms with van der Waals surface area (Å²) in [5.41, 5.74) is 8.97. The van der Waals surface area contributed by atoms with Crippen LogP contribution in [0.25, 0.3) is 0 Å². The molecule has 3 N–H and O–H groups in total. The molecule has 0 bridgehead atoms. The van der Waals surface area contributed by atoms with Crippen molar-refractivity contribution in [3.63, 3.8) is 0 Å². The number of rotatable bonds is 7. The van der Waals surface area contributed by atoms with Crippen LogP contribution in [0.2, 0.25) is 0 Å². The molecule has 5 nitrogen and oxygen atoms in total. The molecule has 1 fully saturated rings. The number of hydrogen-bond donors (Lipinski definition) is 2. The first kappa shape index (κ1) is 21.9. The summed E-state index contributed by atoms with van der Waals surface area (Å²) in [4.78, 5) is 26.2. The highest BCUT2D eigenvalue weighted by Gasteiger charge is 2.30. The summed E-state index contributed by atoms with van der Waals surface area (Å²) in [6.45, 7) is 4.07. The second kappa shape index (κ2) is 9.71. The lowest BCUT2D eigenvalue weighted by atomic mass is 9.94. The van der Waals surface area contributed by atoms with Crippen LogP contribution in [0.4, 0.5) is 5.69 Å². The second-order valence-electron chi connectivity index (χ2n) is 7.29. The van der Waals surface area contributed by atoms with E-state index in [0.29, 0.717) is 12.6 Å². The Bertz CT molecular complexity index is 791. The molecule has 0 aromatic heterocycles. The molecular weight excluding hydrogens is 374 g/mol. The van der Waals surface area contributed by atoms with Crippen LogP contribution < -0.4 is 11.1 Å². The average Bonchev–Trinajstić information content (AvgIpc) is 3.51. The van der Waals surface area contributed by atoms with Gasteiger partial charge >= 0.3 is 0 Å². The van der Waals surface area contributed by atoms with Gasteiger partial charge in [-0.2, -0.15) is 0 Å². The van der Waals surface area contributed by atoms with Gasteiger partial charge in [-0.15, -0.1) is 12.4 Å². The average molecular weight is 402 g/mol. The Balaban J connectivity index is 0.00000280. The Morgan fingerprint density at radius 1 is 1.11 bits per heavy atom. The van der Waals surface area contributed by atoms with Crippen LogP contribution in [0.3, 0.4) is 0 Å². The molecule has 28 heavy (non-hydrogen) atoms. The number of carbonyl (C=O) groups is 2. The van der Waals surface area contributed by atoms with Gasteiger partial charge in [-0.05, 0) is 36.1 Å². The molecule has 1 aliphatic carbocycles. The minimum atomic E-state index is -0.354. The molecule has 0 aliphatic heterocycles. The van der Waals surface area contributed by atoms with Crippen LogP contribution in [0.15, 0.2) is 54.6 Å². The standard InChI is InChI=1S/C22H27N3O2.ClH/c1-15(21(23)18-6-4-3-5-7-18)22(27)24-19-10-8-17(9-11-19)14-25(16(2)26)20-12-13-20;/h3-11,15,20-21H,12-14,23H2,1-2H3,(H,24,27);1H. The van der Waals surface area contributed by atoms with Crippen molar-refractivity contribution in [2.45, 2.75) is 45.3 Å². The predicted octanol–water partition coefficient (Wildman–Crippen LogP) is 3.89. The van der Waals surface area contributed by atoms with Crippen molar-refractivity contribution in [2.24, 2.45) is 11.7 Å². The highest BCUT2D eigenvalue weighted by molar-refractivity contribution is 5.92. The summed E-state index contributed by atoms with van der Waals surface area (Å²) in [6.07, 6.45) is 2.18. The van der Waals surface area contributed by atoms with Gasteiger partial charge in [-0.25, -0.2) is 0 Å². The van der Waals surface area contributed by atoms with Gasteiger partial charge in [0.15, 0.2) is 0 Å². The lowest BCUT2D eigenvalue weighted by Crippen LogP contribution is -2.31. The van der Waals surface area contributed by atoms with Crippen molar-refractivity contribution in [3.8, 4) is 0 Å². The third-order valence-corrected chi connectivity index (χ3v) is 5.10. The molecule has 2 unspecified atom stereocenters. The van der Waals surface area contributed by atoms with Crippen LogP contribution in [-0.2, 0) is 16.1 Å². The lowest BCUT2D eigenvalue weighted by molar-refractivity contribution is -0.130. The zero-order valence-corrected chi connectivity index (χ0v) is 17.1.